The highest BCUT2D eigenvalue weighted by Crippen LogP contribution is 2.26. The molecule has 0 radical (unpaired) electrons. The number of ether oxygens (including phenoxy) is 1. The number of hydrogen-bond donors (Lipinski definition) is 0. The van der Waals surface area contributed by atoms with Crippen molar-refractivity contribution in [3.8, 4) is 16.9 Å². The van der Waals surface area contributed by atoms with Gasteiger partial charge in [-0.3, -0.25) is 4.90 Å². The summed E-state index contributed by atoms with van der Waals surface area (Å²) in [5, 5.41) is 4.83. The number of halogens is 1. The van der Waals surface area contributed by atoms with Crippen molar-refractivity contribution < 1.29 is 9.13 Å². The van der Waals surface area contributed by atoms with Crippen LogP contribution in [0.5, 0.6) is 0 Å². The molecule has 2 heterocycles. The first kappa shape index (κ1) is 17.9. The van der Waals surface area contributed by atoms with E-state index in [1.54, 1.807) is 12.1 Å². The molecule has 1 aromatic heterocycles. The van der Waals surface area contributed by atoms with Gasteiger partial charge in [0.15, 0.2) is 0 Å². The van der Waals surface area contributed by atoms with Gasteiger partial charge in [0.1, 0.15) is 5.82 Å². The molecule has 27 heavy (non-hydrogen) atoms. The van der Waals surface area contributed by atoms with Gasteiger partial charge in [-0.25, -0.2) is 9.07 Å². The van der Waals surface area contributed by atoms with Crippen LogP contribution in [-0.2, 0) is 11.3 Å². The van der Waals surface area contributed by atoms with E-state index in [4.69, 9.17) is 9.84 Å². The monoisotopic (exact) mass is 365 g/mol. The van der Waals surface area contributed by atoms with Gasteiger partial charge >= 0.3 is 0 Å². The third-order valence-corrected chi connectivity index (χ3v) is 5.15. The van der Waals surface area contributed by atoms with Crippen molar-refractivity contribution in [2.75, 3.05) is 20.3 Å². The van der Waals surface area contributed by atoms with E-state index < -0.39 is 0 Å². The van der Waals surface area contributed by atoms with E-state index >= 15 is 0 Å². The first-order valence-electron chi connectivity index (χ1n) is 9.29. The Morgan fingerprint density at radius 3 is 2.56 bits per heavy atom. The summed E-state index contributed by atoms with van der Waals surface area (Å²) in [5.74, 6) is -0.238. The van der Waals surface area contributed by atoms with Crippen molar-refractivity contribution in [2.24, 2.45) is 0 Å². The first-order chi connectivity index (χ1) is 13.1. The molecule has 0 unspecified atom stereocenters. The lowest BCUT2D eigenvalue weighted by Crippen LogP contribution is -2.31. The van der Waals surface area contributed by atoms with E-state index in [0.29, 0.717) is 6.04 Å². The van der Waals surface area contributed by atoms with Gasteiger partial charge in [0, 0.05) is 36.5 Å². The molecule has 1 aliphatic rings. The fourth-order valence-electron chi connectivity index (χ4n) is 3.47. The van der Waals surface area contributed by atoms with Crippen LogP contribution in [0.15, 0.2) is 54.7 Å². The summed E-state index contributed by atoms with van der Waals surface area (Å²) in [6.45, 7) is 4.43. The minimum atomic E-state index is -0.238. The smallest absolute Gasteiger partial charge is 0.123 e. The van der Waals surface area contributed by atoms with Crippen molar-refractivity contribution in [3.05, 3.63) is 71.7 Å². The maximum Gasteiger partial charge on any atom is 0.123 e. The van der Waals surface area contributed by atoms with Gasteiger partial charge in [0.2, 0.25) is 0 Å². The Labute approximate surface area is 159 Å². The lowest BCUT2D eigenvalue weighted by Gasteiger charge is -2.22. The van der Waals surface area contributed by atoms with E-state index in [1.165, 1.54) is 17.7 Å². The molecule has 1 aliphatic heterocycles. The van der Waals surface area contributed by atoms with Crippen molar-refractivity contribution in [3.63, 3.8) is 0 Å². The standard InChI is InChI=1S/C22H24FN3O/c1-16-3-9-20(10-4-16)26-14-18(13-25(2)21-11-12-27-15-21)22(24-26)17-5-7-19(23)8-6-17/h3-10,14,21H,11-13,15H2,1-2H3/t21-/m1/s1. The summed E-state index contributed by atoms with van der Waals surface area (Å²) < 4.78 is 20.8. The van der Waals surface area contributed by atoms with Gasteiger partial charge in [-0.15, -0.1) is 0 Å². The predicted octanol–water partition coefficient (Wildman–Crippen LogP) is 4.21. The third-order valence-electron chi connectivity index (χ3n) is 5.15. The minimum Gasteiger partial charge on any atom is -0.380 e. The highest BCUT2D eigenvalue weighted by atomic mass is 19.1. The van der Waals surface area contributed by atoms with Crippen LogP contribution in [0, 0.1) is 12.7 Å². The second kappa shape index (κ2) is 7.62. The Morgan fingerprint density at radius 1 is 1.15 bits per heavy atom. The fourth-order valence-corrected chi connectivity index (χ4v) is 3.47. The molecule has 1 fully saturated rings. The van der Waals surface area contributed by atoms with Gasteiger partial charge < -0.3 is 4.74 Å². The maximum atomic E-state index is 13.4. The zero-order valence-electron chi connectivity index (χ0n) is 15.7. The zero-order valence-corrected chi connectivity index (χ0v) is 15.7. The van der Waals surface area contributed by atoms with Gasteiger partial charge in [-0.2, -0.15) is 5.10 Å². The molecule has 0 bridgehead atoms. The van der Waals surface area contributed by atoms with Crippen LogP contribution in [0.3, 0.4) is 0 Å². The third kappa shape index (κ3) is 3.94. The predicted molar refractivity (Wildman–Crippen MR) is 104 cm³/mol. The Kier molecular flexibility index (Phi) is 5.05. The van der Waals surface area contributed by atoms with Crippen LogP contribution < -0.4 is 0 Å². The SMILES string of the molecule is Cc1ccc(-n2cc(CN(C)[C@@H]3CCOC3)c(-c3ccc(F)cc3)n2)cc1. The Bertz CT molecular complexity index is 896. The largest absolute Gasteiger partial charge is 0.380 e. The molecule has 0 saturated carbocycles. The lowest BCUT2D eigenvalue weighted by molar-refractivity contribution is 0.156. The van der Waals surface area contributed by atoms with Crippen molar-refractivity contribution in [2.45, 2.75) is 25.9 Å². The Morgan fingerprint density at radius 2 is 1.89 bits per heavy atom. The average molecular weight is 365 g/mol. The number of rotatable bonds is 5. The summed E-state index contributed by atoms with van der Waals surface area (Å²) in [4.78, 5) is 2.32. The first-order valence-corrected chi connectivity index (χ1v) is 9.29. The Balaban J connectivity index is 1.70. The average Bonchev–Trinajstić information content (AvgIpc) is 3.33. The number of likely N-dealkylation sites (N-methyl/N-ethyl adjacent to an activating group) is 1. The molecule has 0 spiro atoms. The second-order valence-electron chi connectivity index (χ2n) is 7.22. The normalized spacial score (nSPS) is 17.0. The van der Waals surface area contributed by atoms with Crippen LogP contribution in [0.1, 0.15) is 17.5 Å². The molecule has 0 N–H and O–H groups in total. The number of aromatic nitrogens is 2. The molecule has 3 aromatic rings. The summed E-state index contributed by atoms with van der Waals surface area (Å²) in [6, 6.07) is 15.3. The van der Waals surface area contributed by atoms with Crippen LogP contribution in [0.25, 0.3) is 16.9 Å². The van der Waals surface area contributed by atoms with Crippen molar-refractivity contribution in [1.29, 1.82) is 0 Å². The summed E-state index contributed by atoms with van der Waals surface area (Å²) in [5.41, 5.74) is 5.17. The topological polar surface area (TPSA) is 30.3 Å². The van der Waals surface area contributed by atoms with Crippen LogP contribution in [-0.4, -0.2) is 41.0 Å². The minimum absolute atomic E-state index is 0.238. The molecular weight excluding hydrogens is 341 g/mol. The number of benzene rings is 2. The van der Waals surface area contributed by atoms with E-state index in [1.807, 2.05) is 4.68 Å². The van der Waals surface area contributed by atoms with Crippen molar-refractivity contribution in [1.82, 2.24) is 14.7 Å². The molecule has 0 aliphatic carbocycles. The second-order valence-corrected chi connectivity index (χ2v) is 7.22. The molecule has 0 amide bonds. The van der Waals surface area contributed by atoms with Gasteiger partial charge in [0.05, 0.1) is 18.0 Å². The molecule has 140 valence electrons. The van der Waals surface area contributed by atoms with E-state index in [9.17, 15) is 4.39 Å². The molecule has 4 nitrogen and oxygen atoms in total. The van der Waals surface area contributed by atoms with E-state index in [0.717, 1.165) is 48.7 Å². The molecule has 1 atom stereocenters. The number of hydrogen-bond acceptors (Lipinski definition) is 3. The van der Waals surface area contributed by atoms with E-state index in [-0.39, 0.29) is 5.82 Å². The van der Waals surface area contributed by atoms with Crippen molar-refractivity contribution >= 4 is 0 Å². The summed E-state index contributed by atoms with van der Waals surface area (Å²) in [7, 11) is 2.12. The van der Waals surface area contributed by atoms with Gasteiger partial charge in [-0.1, -0.05) is 17.7 Å². The van der Waals surface area contributed by atoms with E-state index in [2.05, 4.69) is 49.3 Å². The van der Waals surface area contributed by atoms with Gasteiger partial charge in [0.25, 0.3) is 0 Å². The lowest BCUT2D eigenvalue weighted by atomic mass is 10.1. The molecule has 5 heteroatoms. The van der Waals surface area contributed by atoms with Crippen LogP contribution >= 0.6 is 0 Å². The fraction of sp³-hybridized carbons (Fsp3) is 0.318. The molecule has 1 saturated heterocycles. The molecular formula is C22H24FN3O. The van der Waals surface area contributed by atoms with Gasteiger partial charge in [-0.05, 0) is 56.8 Å². The maximum absolute atomic E-state index is 13.4. The Hall–Kier alpha value is -2.50. The highest BCUT2D eigenvalue weighted by molar-refractivity contribution is 5.63. The quantitative estimate of drug-likeness (QED) is 0.679. The number of nitrogens with zero attached hydrogens (tertiary/aromatic N) is 3. The summed E-state index contributed by atoms with van der Waals surface area (Å²) in [6.07, 6.45) is 3.13. The zero-order chi connectivity index (χ0) is 18.8. The molecule has 4 rings (SSSR count). The van der Waals surface area contributed by atoms with Crippen LogP contribution in [0.4, 0.5) is 4.39 Å². The molecule has 2 aromatic carbocycles. The number of aryl methyl sites for hydroxylation is 1. The summed E-state index contributed by atoms with van der Waals surface area (Å²) >= 11 is 0. The highest BCUT2D eigenvalue weighted by Gasteiger charge is 2.22. The van der Waals surface area contributed by atoms with Crippen LogP contribution in [0.2, 0.25) is 0 Å².